The maximum Gasteiger partial charge on any atom is 0.258 e. The number of rotatable bonds is 3. The second-order valence-electron chi connectivity index (χ2n) is 7.90. The number of anilines is 2. The van der Waals surface area contributed by atoms with E-state index in [4.69, 9.17) is 11.5 Å². The Labute approximate surface area is 167 Å². The molecule has 2 heterocycles. The van der Waals surface area contributed by atoms with Crippen LogP contribution >= 0.6 is 0 Å². The number of hydrogen-bond acceptors (Lipinski definition) is 5. The summed E-state index contributed by atoms with van der Waals surface area (Å²) in [6, 6.07) is 5.00. The number of nitrogens with two attached hydrogens (primary N) is 2. The minimum atomic E-state index is -0.659. The van der Waals surface area contributed by atoms with Crippen molar-refractivity contribution >= 4 is 23.3 Å². The quantitative estimate of drug-likeness (QED) is 0.544. The van der Waals surface area contributed by atoms with Gasteiger partial charge in [0.05, 0.1) is 5.56 Å². The molecule has 29 heavy (non-hydrogen) atoms. The van der Waals surface area contributed by atoms with Crippen molar-refractivity contribution in [2.45, 2.75) is 18.3 Å². The van der Waals surface area contributed by atoms with Gasteiger partial charge in [0, 0.05) is 60.7 Å². The molecular weight excluding hydrogens is 373 g/mol. The molecule has 2 amide bonds. The van der Waals surface area contributed by atoms with Gasteiger partial charge in [-0.2, -0.15) is 0 Å². The Morgan fingerprint density at radius 2 is 2.03 bits per heavy atom. The summed E-state index contributed by atoms with van der Waals surface area (Å²) < 4.78 is 15.2. The first-order valence-electron chi connectivity index (χ1n) is 9.25. The van der Waals surface area contributed by atoms with Crippen LogP contribution in [0.3, 0.4) is 0 Å². The van der Waals surface area contributed by atoms with E-state index < -0.39 is 17.6 Å². The predicted octanol–water partition coefficient (Wildman–Crippen LogP) is 2.04. The topological polar surface area (TPSA) is 114 Å². The molecule has 1 aromatic carbocycles. The Morgan fingerprint density at radius 3 is 2.69 bits per heavy atom. The predicted molar refractivity (Wildman–Crippen MR) is 109 cm³/mol. The lowest BCUT2D eigenvalue weighted by Crippen LogP contribution is -2.38. The molecule has 2 aromatic rings. The molecule has 1 spiro atoms. The number of fused-ring (bicyclic) bond motifs is 2. The SMILES string of the molecule is CN(C)C(=O)c1c(N)ccc(-c2cnc3c(c2)C2(CN3)CC(=CC(N)=O)C2)c1F. The Hall–Kier alpha value is -3.42. The van der Waals surface area contributed by atoms with Crippen molar-refractivity contribution < 1.29 is 14.0 Å². The first-order valence-corrected chi connectivity index (χ1v) is 9.25. The molecule has 1 aliphatic heterocycles. The fourth-order valence-corrected chi connectivity index (χ4v) is 4.20. The van der Waals surface area contributed by atoms with Crippen LogP contribution in [0.15, 0.2) is 36.0 Å². The lowest BCUT2D eigenvalue weighted by Gasteiger charge is -2.40. The lowest BCUT2D eigenvalue weighted by molar-refractivity contribution is -0.113. The molecule has 1 aliphatic carbocycles. The third-order valence-electron chi connectivity index (χ3n) is 5.64. The summed E-state index contributed by atoms with van der Waals surface area (Å²) in [6.07, 6.45) is 4.47. The maximum absolute atomic E-state index is 15.2. The van der Waals surface area contributed by atoms with Crippen LogP contribution in [0.5, 0.6) is 0 Å². The van der Waals surface area contributed by atoms with Crippen molar-refractivity contribution in [1.82, 2.24) is 9.88 Å². The van der Waals surface area contributed by atoms with Gasteiger partial charge in [-0.3, -0.25) is 9.59 Å². The number of amides is 2. The Bertz CT molecular complexity index is 1070. The van der Waals surface area contributed by atoms with Crippen molar-refractivity contribution in [3.8, 4) is 11.1 Å². The van der Waals surface area contributed by atoms with E-state index in [0.717, 1.165) is 17.0 Å². The molecule has 8 heteroatoms. The van der Waals surface area contributed by atoms with Gasteiger partial charge in [0.2, 0.25) is 5.91 Å². The van der Waals surface area contributed by atoms with E-state index in [1.165, 1.54) is 17.0 Å². The summed E-state index contributed by atoms with van der Waals surface area (Å²) >= 11 is 0. The third kappa shape index (κ3) is 3.00. The van der Waals surface area contributed by atoms with Crippen LogP contribution in [0.25, 0.3) is 11.1 Å². The average Bonchev–Trinajstić information content (AvgIpc) is 3.00. The molecule has 0 saturated heterocycles. The number of hydrogen-bond donors (Lipinski definition) is 3. The number of nitrogen functional groups attached to an aromatic ring is 1. The highest BCUT2D eigenvalue weighted by molar-refractivity contribution is 6.00. The van der Waals surface area contributed by atoms with Gasteiger partial charge in [-0.1, -0.05) is 5.57 Å². The summed E-state index contributed by atoms with van der Waals surface area (Å²) in [4.78, 5) is 29.2. The van der Waals surface area contributed by atoms with Crippen molar-refractivity contribution in [3.63, 3.8) is 0 Å². The largest absolute Gasteiger partial charge is 0.398 e. The zero-order chi connectivity index (χ0) is 20.9. The van der Waals surface area contributed by atoms with E-state index in [1.54, 1.807) is 26.4 Å². The molecule has 0 atom stereocenters. The van der Waals surface area contributed by atoms with Crippen LogP contribution < -0.4 is 16.8 Å². The molecule has 2 aliphatic rings. The minimum Gasteiger partial charge on any atom is -0.398 e. The Morgan fingerprint density at radius 1 is 1.31 bits per heavy atom. The number of primary amides is 1. The van der Waals surface area contributed by atoms with Crippen LogP contribution in [0.4, 0.5) is 15.9 Å². The molecule has 0 radical (unpaired) electrons. The zero-order valence-electron chi connectivity index (χ0n) is 16.3. The molecular formula is C21H22FN5O2. The van der Waals surface area contributed by atoms with Gasteiger partial charge in [-0.05, 0) is 31.0 Å². The molecule has 1 fully saturated rings. The molecule has 150 valence electrons. The Balaban J connectivity index is 1.75. The van der Waals surface area contributed by atoms with Crippen LogP contribution in [-0.4, -0.2) is 42.3 Å². The molecule has 1 saturated carbocycles. The second kappa shape index (κ2) is 6.58. The number of nitrogens with one attached hydrogen (secondary N) is 1. The van der Waals surface area contributed by atoms with Crippen LogP contribution in [0, 0.1) is 5.82 Å². The molecule has 0 bridgehead atoms. The molecule has 0 unspecified atom stereocenters. The number of allylic oxidation sites excluding steroid dienone is 1. The van der Waals surface area contributed by atoms with Gasteiger partial charge in [0.1, 0.15) is 11.6 Å². The van der Waals surface area contributed by atoms with Gasteiger partial charge >= 0.3 is 0 Å². The molecule has 4 rings (SSSR count). The number of aromatic nitrogens is 1. The zero-order valence-corrected chi connectivity index (χ0v) is 16.3. The molecule has 5 N–H and O–H groups in total. The van der Waals surface area contributed by atoms with Crippen molar-refractivity contribution in [3.05, 3.63) is 53.0 Å². The van der Waals surface area contributed by atoms with Gasteiger partial charge < -0.3 is 21.7 Å². The van der Waals surface area contributed by atoms with Gasteiger partial charge in [0.25, 0.3) is 5.91 Å². The third-order valence-corrected chi connectivity index (χ3v) is 5.64. The summed E-state index contributed by atoms with van der Waals surface area (Å²) in [5, 5.41) is 3.28. The fourth-order valence-electron chi connectivity index (χ4n) is 4.20. The van der Waals surface area contributed by atoms with Gasteiger partial charge in [0.15, 0.2) is 0 Å². The van der Waals surface area contributed by atoms with Crippen molar-refractivity contribution in [2.75, 3.05) is 31.7 Å². The van der Waals surface area contributed by atoms with E-state index in [1.807, 2.05) is 6.07 Å². The number of pyridine rings is 1. The Kier molecular flexibility index (Phi) is 4.29. The van der Waals surface area contributed by atoms with Crippen molar-refractivity contribution in [1.29, 1.82) is 0 Å². The number of nitrogens with zero attached hydrogens (tertiary/aromatic N) is 2. The van der Waals surface area contributed by atoms with Crippen LogP contribution in [-0.2, 0) is 10.2 Å². The first-order chi connectivity index (χ1) is 13.7. The highest BCUT2D eigenvalue weighted by Gasteiger charge is 2.47. The van der Waals surface area contributed by atoms with Gasteiger partial charge in [-0.25, -0.2) is 9.37 Å². The average molecular weight is 395 g/mol. The van der Waals surface area contributed by atoms with Crippen molar-refractivity contribution in [2.24, 2.45) is 5.73 Å². The minimum absolute atomic E-state index is 0.0948. The number of benzene rings is 1. The summed E-state index contributed by atoms with van der Waals surface area (Å²) in [6.45, 7) is 0.698. The summed E-state index contributed by atoms with van der Waals surface area (Å²) in [5.74, 6) is -0.843. The van der Waals surface area contributed by atoms with E-state index in [0.29, 0.717) is 24.9 Å². The smallest absolute Gasteiger partial charge is 0.258 e. The normalized spacial score (nSPS) is 19.3. The summed E-state index contributed by atoms with van der Waals surface area (Å²) in [7, 11) is 3.10. The maximum atomic E-state index is 15.2. The van der Waals surface area contributed by atoms with Crippen LogP contribution in [0.1, 0.15) is 28.8 Å². The first kappa shape index (κ1) is 18.9. The standard InChI is InChI=1S/C21H22FN5O2/c1-27(2)20(29)17-15(23)4-3-13(18(17)22)12-6-14-19(25-9-12)26-10-21(14)7-11(8-21)5-16(24)28/h3-6,9H,7-8,10,23H2,1-2H3,(H2,24,28)(H,25,26). The van der Waals surface area contributed by atoms with E-state index in [-0.39, 0.29) is 22.2 Å². The van der Waals surface area contributed by atoms with Gasteiger partial charge in [-0.15, -0.1) is 0 Å². The van der Waals surface area contributed by atoms with Crippen LogP contribution in [0.2, 0.25) is 0 Å². The highest BCUT2D eigenvalue weighted by Crippen LogP contribution is 2.53. The van der Waals surface area contributed by atoms with E-state index in [9.17, 15) is 9.59 Å². The molecule has 7 nitrogen and oxygen atoms in total. The highest BCUT2D eigenvalue weighted by atomic mass is 19.1. The summed E-state index contributed by atoms with van der Waals surface area (Å²) in [5.41, 5.74) is 13.7. The number of carbonyl (C=O) groups is 2. The molecule has 1 aromatic heterocycles. The van der Waals surface area contributed by atoms with E-state index >= 15 is 4.39 Å². The second-order valence-corrected chi connectivity index (χ2v) is 7.90. The van der Waals surface area contributed by atoms with E-state index in [2.05, 4.69) is 10.3 Å². The number of carbonyl (C=O) groups excluding carboxylic acids is 2. The number of halogens is 1. The monoisotopic (exact) mass is 395 g/mol. The lowest BCUT2D eigenvalue weighted by atomic mass is 9.62. The fraction of sp³-hybridized carbons (Fsp3) is 0.286.